The largest absolute Gasteiger partial charge is 0.496 e. The summed E-state index contributed by atoms with van der Waals surface area (Å²) in [6.45, 7) is 3.48. The molecule has 2 N–H and O–H groups in total. The molecular weight excluding hydrogens is 482 g/mol. The number of nitrogens with one attached hydrogen (secondary N) is 2. The number of esters is 1. The highest BCUT2D eigenvalue weighted by molar-refractivity contribution is 5.94. The van der Waals surface area contributed by atoms with Crippen molar-refractivity contribution in [3.8, 4) is 5.75 Å². The van der Waals surface area contributed by atoms with Crippen LogP contribution in [0.4, 0.5) is 0 Å². The molecular formula is C27H32ClN3O5. The van der Waals surface area contributed by atoms with Crippen molar-refractivity contribution in [2.75, 3.05) is 20.3 Å². The van der Waals surface area contributed by atoms with Gasteiger partial charge in [0.25, 0.3) is 5.56 Å². The van der Waals surface area contributed by atoms with Crippen LogP contribution in [0.25, 0.3) is 10.9 Å². The summed E-state index contributed by atoms with van der Waals surface area (Å²) in [5, 5.41) is 4.02. The number of benzene rings is 2. The standard InChI is InChI=1S/C27H31N3O5.ClH/c1-3-13-35-26(32)16-7-10-20-22(14-16)29-27(33)30(25(20)31)12-11-21-24-17(15-28-21)8-9-18-19(24)5-4-6-23(18)34-2;/h4-7,10,14,17,21,24,28H,3,8-9,11-13,15H2,1-2H3,(H,29,33);1H/t17-,21?,24+;/m0./s1. The summed E-state index contributed by atoms with van der Waals surface area (Å²) in [6.07, 6.45) is 3.49. The molecule has 1 fully saturated rings. The molecule has 1 aliphatic heterocycles. The molecule has 1 aliphatic carbocycles. The average Bonchev–Trinajstić information content (AvgIpc) is 3.30. The monoisotopic (exact) mass is 513 g/mol. The lowest BCUT2D eigenvalue weighted by atomic mass is 9.73. The second kappa shape index (κ2) is 10.9. The zero-order valence-corrected chi connectivity index (χ0v) is 21.4. The third-order valence-corrected chi connectivity index (χ3v) is 7.42. The number of carbonyl (C=O) groups is 1. The first kappa shape index (κ1) is 26.0. The highest BCUT2D eigenvalue weighted by atomic mass is 35.5. The number of aromatic nitrogens is 2. The first-order valence-corrected chi connectivity index (χ1v) is 12.3. The van der Waals surface area contributed by atoms with E-state index in [1.54, 1.807) is 19.2 Å². The number of H-pyrrole nitrogens is 1. The normalized spacial score (nSPS) is 20.3. The minimum atomic E-state index is -0.471. The highest BCUT2D eigenvalue weighted by Crippen LogP contribution is 2.45. The van der Waals surface area contributed by atoms with Crippen LogP contribution in [-0.2, 0) is 17.7 Å². The number of rotatable bonds is 7. The summed E-state index contributed by atoms with van der Waals surface area (Å²) in [4.78, 5) is 40.9. The van der Waals surface area contributed by atoms with Gasteiger partial charge in [-0.2, -0.15) is 0 Å². The number of fused-ring (bicyclic) bond motifs is 4. The van der Waals surface area contributed by atoms with Gasteiger partial charge in [-0.3, -0.25) is 9.36 Å². The zero-order chi connectivity index (χ0) is 24.5. The van der Waals surface area contributed by atoms with Gasteiger partial charge in [-0.15, -0.1) is 12.4 Å². The molecule has 192 valence electrons. The molecule has 9 heteroatoms. The van der Waals surface area contributed by atoms with Gasteiger partial charge < -0.3 is 19.8 Å². The predicted molar refractivity (Wildman–Crippen MR) is 141 cm³/mol. The van der Waals surface area contributed by atoms with Gasteiger partial charge >= 0.3 is 11.7 Å². The van der Waals surface area contributed by atoms with Gasteiger partial charge in [0.1, 0.15) is 5.75 Å². The van der Waals surface area contributed by atoms with Crippen molar-refractivity contribution in [2.45, 2.75) is 51.1 Å². The van der Waals surface area contributed by atoms with E-state index in [4.69, 9.17) is 9.47 Å². The van der Waals surface area contributed by atoms with Gasteiger partial charge in [-0.1, -0.05) is 19.1 Å². The second-order valence-electron chi connectivity index (χ2n) is 9.44. The fourth-order valence-electron chi connectivity index (χ4n) is 5.73. The van der Waals surface area contributed by atoms with Crippen LogP contribution >= 0.6 is 12.4 Å². The number of aromatic amines is 1. The second-order valence-corrected chi connectivity index (χ2v) is 9.44. The van der Waals surface area contributed by atoms with Gasteiger partial charge in [0.15, 0.2) is 0 Å². The molecule has 1 saturated heterocycles. The topological polar surface area (TPSA) is 102 Å². The molecule has 0 saturated carbocycles. The third kappa shape index (κ3) is 4.67. The molecule has 0 bridgehead atoms. The average molecular weight is 514 g/mol. The van der Waals surface area contributed by atoms with Gasteiger partial charge in [-0.05, 0) is 73.5 Å². The van der Waals surface area contributed by atoms with Crippen LogP contribution < -0.4 is 21.3 Å². The molecule has 2 heterocycles. The molecule has 0 spiro atoms. The minimum Gasteiger partial charge on any atom is -0.496 e. The number of halogens is 1. The SMILES string of the molecule is CCCOC(=O)c1ccc2c(=O)n(CCC3NC[C@@H]4CCc5c(OC)cccc5[C@H]34)c(=O)[nH]c2c1.Cl. The summed E-state index contributed by atoms with van der Waals surface area (Å²) in [7, 11) is 1.71. The van der Waals surface area contributed by atoms with Crippen molar-refractivity contribution in [1.29, 1.82) is 0 Å². The predicted octanol–water partition coefficient (Wildman–Crippen LogP) is 3.40. The molecule has 1 aromatic heterocycles. The van der Waals surface area contributed by atoms with E-state index in [1.165, 1.54) is 21.8 Å². The summed E-state index contributed by atoms with van der Waals surface area (Å²) in [6, 6.07) is 11.1. The lowest BCUT2D eigenvalue weighted by molar-refractivity contribution is 0.0505. The molecule has 0 radical (unpaired) electrons. The van der Waals surface area contributed by atoms with E-state index in [0.29, 0.717) is 47.9 Å². The first-order valence-electron chi connectivity index (χ1n) is 12.3. The van der Waals surface area contributed by atoms with Crippen LogP contribution in [0.3, 0.4) is 0 Å². The highest BCUT2D eigenvalue weighted by Gasteiger charge is 2.40. The maximum absolute atomic E-state index is 13.2. The van der Waals surface area contributed by atoms with Crippen molar-refractivity contribution >= 4 is 29.3 Å². The fourth-order valence-corrected chi connectivity index (χ4v) is 5.73. The molecule has 0 amide bonds. The summed E-state index contributed by atoms with van der Waals surface area (Å²) in [5.74, 6) is 1.34. The Morgan fingerprint density at radius 2 is 2.03 bits per heavy atom. The van der Waals surface area contributed by atoms with Crippen molar-refractivity contribution in [1.82, 2.24) is 14.9 Å². The number of ether oxygens (including phenoxy) is 2. The number of carbonyl (C=O) groups excluding carboxylic acids is 1. The third-order valence-electron chi connectivity index (χ3n) is 7.42. The quantitative estimate of drug-likeness (QED) is 0.469. The lowest BCUT2D eigenvalue weighted by Crippen LogP contribution is -2.38. The zero-order valence-electron chi connectivity index (χ0n) is 20.5. The maximum atomic E-state index is 13.2. The van der Waals surface area contributed by atoms with E-state index in [-0.39, 0.29) is 24.0 Å². The van der Waals surface area contributed by atoms with Crippen LogP contribution in [0.2, 0.25) is 0 Å². The van der Waals surface area contributed by atoms with Crippen LogP contribution in [0.1, 0.15) is 53.6 Å². The Labute approximate surface area is 215 Å². The van der Waals surface area contributed by atoms with Crippen molar-refractivity contribution in [2.24, 2.45) is 5.92 Å². The molecule has 3 aromatic rings. The molecule has 2 aromatic carbocycles. The smallest absolute Gasteiger partial charge is 0.338 e. The Kier molecular flexibility index (Phi) is 7.85. The van der Waals surface area contributed by atoms with Crippen molar-refractivity contribution in [3.63, 3.8) is 0 Å². The molecule has 3 atom stereocenters. The number of methoxy groups -OCH3 is 1. The van der Waals surface area contributed by atoms with Crippen molar-refractivity contribution < 1.29 is 14.3 Å². The number of nitrogens with zero attached hydrogens (tertiary/aromatic N) is 1. The molecule has 2 aliphatic rings. The Morgan fingerprint density at radius 3 is 2.81 bits per heavy atom. The van der Waals surface area contributed by atoms with Crippen LogP contribution in [-0.4, -0.2) is 41.8 Å². The van der Waals surface area contributed by atoms with E-state index in [0.717, 1.165) is 31.6 Å². The van der Waals surface area contributed by atoms with E-state index in [9.17, 15) is 14.4 Å². The molecule has 1 unspecified atom stereocenters. The molecule has 36 heavy (non-hydrogen) atoms. The van der Waals surface area contributed by atoms with E-state index < -0.39 is 11.7 Å². The van der Waals surface area contributed by atoms with Gasteiger partial charge in [0.2, 0.25) is 0 Å². The molecule has 8 nitrogen and oxygen atoms in total. The molecule has 5 rings (SSSR count). The van der Waals surface area contributed by atoms with E-state index in [1.807, 2.05) is 19.1 Å². The number of hydrogen-bond donors (Lipinski definition) is 2. The Balaban J connectivity index is 0.00000304. The Hall–Kier alpha value is -3.10. The van der Waals surface area contributed by atoms with E-state index in [2.05, 4.69) is 16.4 Å². The summed E-state index contributed by atoms with van der Waals surface area (Å²) >= 11 is 0. The van der Waals surface area contributed by atoms with Gasteiger partial charge in [-0.25, -0.2) is 9.59 Å². The van der Waals surface area contributed by atoms with Crippen LogP contribution in [0.5, 0.6) is 5.75 Å². The fraction of sp³-hybridized carbons (Fsp3) is 0.444. The minimum absolute atomic E-state index is 0. The lowest BCUT2D eigenvalue weighted by Gasteiger charge is -2.32. The van der Waals surface area contributed by atoms with Crippen LogP contribution in [0, 0.1) is 5.92 Å². The Morgan fingerprint density at radius 1 is 1.19 bits per heavy atom. The Bertz CT molecular complexity index is 1380. The summed E-state index contributed by atoms with van der Waals surface area (Å²) < 4.78 is 12.0. The van der Waals surface area contributed by atoms with Gasteiger partial charge in [0, 0.05) is 18.5 Å². The van der Waals surface area contributed by atoms with Gasteiger partial charge in [0.05, 0.1) is 30.2 Å². The van der Waals surface area contributed by atoms with Crippen LogP contribution in [0.15, 0.2) is 46.0 Å². The number of hydrogen-bond acceptors (Lipinski definition) is 6. The maximum Gasteiger partial charge on any atom is 0.338 e. The van der Waals surface area contributed by atoms with Crippen molar-refractivity contribution in [3.05, 3.63) is 73.9 Å². The summed E-state index contributed by atoms with van der Waals surface area (Å²) in [5.41, 5.74) is 2.43. The first-order chi connectivity index (χ1) is 17.0. The van der Waals surface area contributed by atoms with E-state index >= 15 is 0 Å².